The molecule has 92 valence electrons. The molecule has 1 heterocycles. The van der Waals surface area contributed by atoms with Crippen molar-refractivity contribution in [2.45, 2.75) is 34.1 Å². The maximum absolute atomic E-state index is 2.27. The molecule has 0 saturated heterocycles. The highest BCUT2D eigenvalue weighted by molar-refractivity contribution is 7.26. The zero-order valence-corrected chi connectivity index (χ0v) is 12.2. The van der Waals surface area contributed by atoms with E-state index in [1.807, 2.05) is 11.3 Å². The number of fused-ring (bicyclic) bond motifs is 3. The molecule has 1 aromatic heterocycles. The molecule has 1 heteroatoms. The van der Waals surface area contributed by atoms with E-state index in [2.05, 4.69) is 52.0 Å². The van der Waals surface area contributed by atoms with Crippen molar-refractivity contribution >= 4 is 31.5 Å². The van der Waals surface area contributed by atoms with E-state index < -0.39 is 0 Å². The topological polar surface area (TPSA) is 0 Å². The summed E-state index contributed by atoms with van der Waals surface area (Å²) in [4.78, 5) is 0. The number of aryl methyl sites for hydroxylation is 2. The van der Waals surface area contributed by atoms with Gasteiger partial charge in [-0.25, -0.2) is 0 Å². The van der Waals surface area contributed by atoms with Gasteiger partial charge in [0, 0.05) is 20.2 Å². The first-order valence-electron chi connectivity index (χ1n) is 6.55. The molecule has 0 aliphatic carbocycles. The van der Waals surface area contributed by atoms with E-state index in [0.29, 0.717) is 0 Å². The zero-order chi connectivity index (χ0) is 12.9. The van der Waals surface area contributed by atoms with Crippen LogP contribution in [0.1, 0.15) is 29.2 Å². The summed E-state index contributed by atoms with van der Waals surface area (Å²) >= 11 is 1.94. The average Bonchev–Trinajstić information content (AvgIpc) is 2.77. The molecule has 0 radical (unpaired) electrons. The number of hydrogen-bond acceptors (Lipinski definition) is 1. The molecule has 0 aliphatic rings. The molecule has 0 atom stereocenters. The van der Waals surface area contributed by atoms with Crippen molar-refractivity contribution in [2.75, 3.05) is 0 Å². The van der Waals surface area contributed by atoms with Crippen LogP contribution in [0.25, 0.3) is 20.2 Å². The zero-order valence-electron chi connectivity index (χ0n) is 11.4. The van der Waals surface area contributed by atoms with Gasteiger partial charge in [-0.15, -0.1) is 11.3 Å². The van der Waals surface area contributed by atoms with E-state index >= 15 is 0 Å². The fourth-order valence-electron chi connectivity index (χ4n) is 2.92. The van der Waals surface area contributed by atoms with Gasteiger partial charge in [-0.2, -0.15) is 0 Å². The third-order valence-electron chi connectivity index (χ3n) is 4.17. The molecule has 0 amide bonds. The minimum absolute atomic E-state index is 1.12. The first-order chi connectivity index (χ1) is 8.65. The van der Waals surface area contributed by atoms with Gasteiger partial charge < -0.3 is 0 Å². The Balaban J connectivity index is 2.64. The summed E-state index contributed by atoms with van der Waals surface area (Å²) in [5, 5.41) is 2.93. The van der Waals surface area contributed by atoms with Crippen molar-refractivity contribution in [3.8, 4) is 0 Å². The van der Waals surface area contributed by atoms with E-state index in [9.17, 15) is 0 Å². The van der Waals surface area contributed by atoms with E-state index in [-0.39, 0.29) is 0 Å². The standard InChI is InChI=1S/C17H18S/c1-5-13-11(3)10(2)12(4)17-16(13)14-8-6-7-9-15(14)18-17/h6-9H,5H2,1-4H3. The van der Waals surface area contributed by atoms with Crippen LogP contribution < -0.4 is 0 Å². The van der Waals surface area contributed by atoms with Crippen LogP contribution in [-0.2, 0) is 6.42 Å². The van der Waals surface area contributed by atoms with Crippen molar-refractivity contribution in [1.29, 1.82) is 0 Å². The number of rotatable bonds is 1. The Morgan fingerprint density at radius 1 is 0.944 bits per heavy atom. The second kappa shape index (κ2) is 4.10. The molecular weight excluding hydrogens is 236 g/mol. The third-order valence-corrected chi connectivity index (χ3v) is 5.46. The van der Waals surface area contributed by atoms with Gasteiger partial charge >= 0.3 is 0 Å². The van der Waals surface area contributed by atoms with Crippen LogP contribution in [-0.4, -0.2) is 0 Å². The molecule has 0 unspecified atom stereocenters. The van der Waals surface area contributed by atoms with Gasteiger partial charge in [-0.05, 0) is 55.5 Å². The molecular formula is C17H18S. The largest absolute Gasteiger partial charge is 0.135 e. The van der Waals surface area contributed by atoms with Gasteiger partial charge in [-0.1, -0.05) is 25.1 Å². The maximum Gasteiger partial charge on any atom is 0.0390 e. The van der Waals surface area contributed by atoms with E-state index in [4.69, 9.17) is 0 Å². The van der Waals surface area contributed by atoms with Gasteiger partial charge in [0.05, 0.1) is 0 Å². The van der Waals surface area contributed by atoms with Crippen molar-refractivity contribution in [3.05, 3.63) is 46.5 Å². The summed E-state index contributed by atoms with van der Waals surface area (Å²) in [5.74, 6) is 0. The van der Waals surface area contributed by atoms with E-state index in [0.717, 1.165) is 6.42 Å². The van der Waals surface area contributed by atoms with Crippen LogP contribution in [0.4, 0.5) is 0 Å². The number of thiophene rings is 1. The Bertz CT molecular complexity index is 747. The summed E-state index contributed by atoms with van der Waals surface area (Å²) in [6, 6.07) is 8.79. The minimum Gasteiger partial charge on any atom is -0.135 e. The molecule has 18 heavy (non-hydrogen) atoms. The highest BCUT2D eigenvalue weighted by Gasteiger charge is 2.15. The van der Waals surface area contributed by atoms with Crippen LogP contribution in [0.3, 0.4) is 0 Å². The smallest absolute Gasteiger partial charge is 0.0390 e. The van der Waals surface area contributed by atoms with Gasteiger partial charge in [0.1, 0.15) is 0 Å². The van der Waals surface area contributed by atoms with Crippen LogP contribution in [0, 0.1) is 20.8 Å². The predicted molar refractivity (Wildman–Crippen MR) is 82.9 cm³/mol. The lowest BCUT2D eigenvalue weighted by Crippen LogP contribution is -1.94. The lowest BCUT2D eigenvalue weighted by molar-refractivity contribution is 1.11. The van der Waals surface area contributed by atoms with Crippen LogP contribution in [0.5, 0.6) is 0 Å². The quantitative estimate of drug-likeness (QED) is 0.534. The van der Waals surface area contributed by atoms with Crippen molar-refractivity contribution < 1.29 is 0 Å². The Hall–Kier alpha value is -1.34. The van der Waals surface area contributed by atoms with Crippen LogP contribution in [0.2, 0.25) is 0 Å². The molecule has 0 fully saturated rings. The summed E-state index contributed by atoms with van der Waals surface area (Å²) in [6.07, 6.45) is 1.12. The van der Waals surface area contributed by atoms with E-state index in [1.165, 1.54) is 42.4 Å². The average molecular weight is 254 g/mol. The first-order valence-corrected chi connectivity index (χ1v) is 7.36. The summed E-state index contributed by atoms with van der Waals surface area (Å²) in [7, 11) is 0. The summed E-state index contributed by atoms with van der Waals surface area (Å²) in [5.41, 5.74) is 5.93. The molecule has 3 aromatic rings. The molecule has 0 bridgehead atoms. The minimum atomic E-state index is 1.12. The Morgan fingerprint density at radius 2 is 1.67 bits per heavy atom. The fraction of sp³-hybridized carbons (Fsp3) is 0.294. The van der Waals surface area contributed by atoms with Crippen LogP contribution in [0.15, 0.2) is 24.3 Å². The van der Waals surface area contributed by atoms with Gasteiger partial charge in [0.25, 0.3) is 0 Å². The van der Waals surface area contributed by atoms with Crippen molar-refractivity contribution in [3.63, 3.8) is 0 Å². The Kier molecular flexibility index (Phi) is 2.67. The third kappa shape index (κ3) is 1.44. The van der Waals surface area contributed by atoms with Gasteiger partial charge in [-0.3, -0.25) is 0 Å². The molecule has 3 rings (SSSR count). The predicted octanol–water partition coefficient (Wildman–Crippen LogP) is 5.54. The Morgan fingerprint density at radius 3 is 2.39 bits per heavy atom. The summed E-state index contributed by atoms with van der Waals surface area (Å²) in [6.45, 7) is 9.06. The molecule has 0 saturated carbocycles. The lowest BCUT2D eigenvalue weighted by atomic mass is 9.92. The van der Waals surface area contributed by atoms with E-state index in [1.54, 1.807) is 0 Å². The summed E-state index contributed by atoms with van der Waals surface area (Å²) < 4.78 is 2.89. The van der Waals surface area contributed by atoms with Gasteiger partial charge in [0.15, 0.2) is 0 Å². The second-order valence-corrected chi connectivity index (χ2v) is 6.06. The number of hydrogen-bond donors (Lipinski definition) is 0. The SMILES string of the molecule is CCc1c(C)c(C)c(C)c2sc3ccccc3c12. The van der Waals surface area contributed by atoms with Crippen LogP contribution >= 0.6 is 11.3 Å². The second-order valence-electron chi connectivity index (χ2n) is 5.01. The maximum atomic E-state index is 2.27. The monoisotopic (exact) mass is 254 g/mol. The number of benzene rings is 2. The molecule has 0 spiro atoms. The van der Waals surface area contributed by atoms with Gasteiger partial charge in [0.2, 0.25) is 0 Å². The Labute approximate surface area is 112 Å². The molecule has 0 nitrogen and oxygen atoms in total. The molecule has 2 aromatic carbocycles. The first kappa shape index (κ1) is 11.7. The lowest BCUT2D eigenvalue weighted by Gasteiger charge is -2.13. The normalized spacial score (nSPS) is 11.6. The fourth-order valence-corrected chi connectivity index (χ4v) is 4.20. The van der Waals surface area contributed by atoms with Crippen molar-refractivity contribution in [2.24, 2.45) is 0 Å². The van der Waals surface area contributed by atoms with Crippen molar-refractivity contribution in [1.82, 2.24) is 0 Å². The molecule has 0 aliphatic heterocycles. The highest BCUT2D eigenvalue weighted by atomic mass is 32.1. The highest BCUT2D eigenvalue weighted by Crippen LogP contribution is 2.40. The molecule has 0 N–H and O–H groups in total.